The van der Waals surface area contributed by atoms with E-state index in [4.69, 9.17) is 11.6 Å². The third-order valence-corrected chi connectivity index (χ3v) is 3.65. The fraction of sp³-hybridized carbons (Fsp3) is 0.467. The lowest BCUT2D eigenvalue weighted by molar-refractivity contribution is 0.528. The van der Waals surface area contributed by atoms with Crippen LogP contribution in [-0.4, -0.2) is 21.8 Å². The lowest BCUT2D eigenvalue weighted by Crippen LogP contribution is -2.24. The molecule has 0 aliphatic heterocycles. The predicted octanol–water partition coefficient (Wildman–Crippen LogP) is 3.27. The van der Waals surface area contributed by atoms with Gasteiger partial charge in [0.1, 0.15) is 0 Å². The Labute approximate surface area is 125 Å². The van der Waals surface area contributed by atoms with Crippen LogP contribution in [0, 0.1) is 13.8 Å². The van der Waals surface area contributed by atoms with Crippen LogP contribution in [0.5, 0.6) is 0 Å². The molecule has 2 aromatic rings. The second-order valence-electron chi connectivity index (χ2n) is 5.04. The highest BCUT2D eigenvalue weighted by atomic mass is 35.5. The van der Waals surface area contributed by atoms with Gasteiger partial charge in [0.25, 0.3) is 0 Å². The molecule has 20 heavy (non-hydrogen) atoms. The summed E-state index contributed by atoms with van der Waals surface area (Å²) in [5.74, 6) is 0. The van der Waals surface area contributed by atoms with Crippen LogP contribution in [0.15, 0.2) is 18.5 Å². The standard InChI is InChI=1S/C15H21ClN4/c1-5-6-20-15(12(16)9-19-20)14(17-4)13-11(3)7-10(2)8-18-13/h7-9,14,17H,5-6H2,1-4H3. The minimum atomic E-state index is -0.0443. The van der Waals surface area contributed by atoms with Crippen molar-refractivity contribution in [2.75, 3.05) is 7.05 Å². The molecule has 0 aliphatic rings. The number of halogens is 1. The minimum Gasteiger partial charge on any atom is -0.307 e. The molecule has 0 aliphatic carbocycles. The van der Waals surface area contributed by atoms with Crippen molar-refractivity contribution >= 4 is 11.6 Å². The molecule has 0 bridgehead atoms. The van der Waals surface area contributed by atoms with Crippen LogP contribution in [0.4, 0.5) is 0 Å². The molecular weight excluding hydrogens is 272 g/mol. The summed E-state index contributed by atoms with van der Waals surface area (Å²) in [5.41, 5.74) is 4.30. The molecule has 0 aromatic carbocycles. The van der Waals surface area contributed by atoms with Crippen LogP contribution >= 0.6 is 11.6 Å². The lowest BCUT2D eigenvalue weighted by Gasteiger charge is -2.20. The number of aryl methyl sites for hydroxylation is 3. The third kappa shape index (κ3) is 2.86. The van der Waals surface area contributed by atoms with Crippen molar-refractivity contribution in [3.8, 4) is 0 Å². The van der Waals surface area contributed by atoms with Gasteiger partial charge in [0.05, 0.1) is 28.6 Å². The van der Waals surface area contributed by atoms with Crippen molar-refractivity contribution in [3.05, 3.63) is 46.0 Å². The number of hydrogen-bond acceptors (Lipinski definition) is 3. The lowest BCUT2D eigenvalue weighted by atomic mass is 10.0. The number of rotatable bonds is 5. The molecule has 0 spiro atoms. The predicted molar refractivity (Wildman–Crippen MR) is 82.1 cm³/mol. The van der Waals surface area contributed by atoms with Gasteiger partial charge >= 0.3 is 0 Å². The van der Waals surface area contributed by atoms with Gasteiger partial charge in [0, 0.05) is 12.7 Å². The molecule has 0 radical (unpaired) electrons. The van der Waals surface area contributed by atoms with Gasteiger partial charge in [0.15, 0.2) is 0 Å². The van der Waals surface area contributed by atoms with Crippen LogP contribution in [-0.2, 0) is 6.54 Å². The zero-order chi connectivity index (χ0) is 14.7. The fourth-order valence-electron chi connectivity index (χ4n) is 2.48. The first-order valence-electron chi connectivity index (χ1n) is 6.90. The molecule has 5 heteroatoms. The molecule has 0 amide bonds. The zero-order valence-corrected chi connectivity index (χ0v) is 13.2. The van der Waals surface area contributed by atoms with Crippen LogP contribution in [0.25, 0.3) is 0 Å². The molecule has 0 fully saturated rings. The summed E-state index contributed by atoms with van der Waals surface area (Å²) in [7, 11) is 1.92. The Morgan fingerprint density at radius 1 is 1.35 bits per heavy atom. The Kier molecular flexibility index (Phi) is 4.78. The number of hydrogen-bond donors (Lipinski definition) is 1. The van der Waals surface area contributed by atoms with Gasteiger partial charge in [-0.3, -0.25) is 9.67 Å². The molecule has 2 rings (SSSR count). The Hall–Kier alpha value is -1.39. The topological polar surface area (TPSA) is 42.7 Å². The van der Waals surface area contributed by atoms with Crippen molar-refractivity contribution in [3.63, 3.8) is 0 Å². The second kappa shape index (κ2) is 6.37. The van der Waals surface area contributed by atoms with E-state index >= 15 is 0 Å². The third-order valence-electron chi connectivity index (χ3n) is 3.36. The molecule has 0 saturated heterocycles. The minimum absolute atomic E-state index is 0.0443. The van der Waals surface area contributed by atoms with E-state index in [1.165, 1.54) is 0 Å². The summed E-state index contributed by atoms with van der Waals surface area (Å²) in [6, 6.07) is 2.10. The number of nitrogens with zero attached hydrogens (tertiary/aromatic N) is 3. The summed E-state index contributed by atoms with van der Waals surface area (Å²) < 4.78 is 1.96. The molecule has 1 atom stereocenters. The van der Waals surface area contributed by atoms with E-state index in [1.54, 1.807) is 6.20 Å². The first-order chi connectivity index (χ1) is 9.58. The summed E-state index contributed by atoms with van der Waals surface area (Å²) in [6.07, 6.45) is 4.61. The van der Waals surface area contributed by atoms with E-state index in [2.05, 4.69) is 35.3 Å². The molecule has 108 valence electrons. The second-order valence-corrected chi connectivity index (χ2v) is 5.44. The molecule has 2 aromatic heterocycles. The average molecular weight is 293 g/mol. The summed E-state index contributed by atoms with van der Waals surface area (Å²) in [5, 5.41) is 8.36. The Morgan fingerprint density at radius 2 is 2.10 bits per heavy atom. The first-order valence-corrected chi connectivity index (χ1v) is 7.27. The van der Waals surface area contributed by atoms with Gasteiger partial charge in [-0.2, -0.15) is 5.10 Å². The quantitative estimate of drug-likeness (QED) is 0.920. The van der Waals surface area contributed by atoms with Crippen molar-refractivity contribution < 1.29 is 0 Å². The van der Waals surface area contributed by atoms with E-state index < -0.39 is 0 Å². The van der Waals surface area contributed by atoms with Gasteiger partial charge < -0.3 is 5.32 Å². The first kappa shape index (κ1) is 15.0. The van der Waals surface area contributed by atoms with Crippen molar-refractivity contribution in [1.29, 1.82) is 0 Å². The van der Waals surface area contributed by atoms with Gasteiger partial charge in [-0.25, -0.2) is 0 Å². The molecule has 2 heterocycles. The van der Waals surface area contributed by atoms with Crippen LogP contribution < -0.4 is 5.32 Å². The monoisotopic (exact) mass is 292 g/mol. The maximum Gasteiger partial charge on any atom is 0.0937 e. The Bertz CT molecular complexity index is 592. The maximum absolute atomic E-state index is 6.34. The Balaban J connectivity index is 2.49. The van der Waals surface area contributed by atoms with Gasteiger partial charge in [-0.1, -0.05) is 24.6 Å². The van der Waals surface area contributed by atoms with E-state index in [0.717, 1.165) is 35.5 Å². The highest BCUT2D eigenvalue weighted by Crippen LogP contribution is 2.29. The molecule has 0 saturated carbocycles. The normalized spacial score (nSPS) is 12.7. The van der Waals surface area contributed by atoms with E-state index in [0.29, 0.717) is 5.02 Å². The molecule has 1 unspecified atom stereocenters. The molecule has 1 N–H and O–H groups in total. The van der Waals surface area contributed by atoms with Crippen LogP contribution in [0.3, 0.4) is 0 Å². The van der Waals surface area contributed by atoms with Gasteiger partial charge in [-0.15, -0.1) is 0 Å². The van der Waals surface area contributed by atoms with Crippen molar-refractivity contribution in [2.45, 2.75) is 39.8 Å². The van der Waals surface area contributed by atoms with Crippen LogP contribution in [0.1, 0.15) is 41.9 Å². The molecular formula is C15H21ClN4. The van der Waals surface area contributed by atoms with E-state index in [9.17, 15) is 0 Å². The molecule has 4 nitrogen and oxygen atoms in total. The number of nitrogens with one attached hydrogen (secondary N) is 1. The highest BCUT2D eigenvalue weighted by Gasteiger charge is 2.23. The van der Waals surface area contributed by atoms with Gasteiger partial charge in [0.2, 0.25) is 0 Å². The summed E-state index contributed by atoms with van der Waals surface area (Å²) in [6.45, 7) is 7.11. The number of aromatic nitrogens is 3. The van der Waals surface area contributed by atoms with E-state index in [-0.39, 0.29) is 6.04 Å². The van der Waals surface area contributed by atoms with E-state index in [1.807, 2.05) is 24.9 Å². The number of pyridine rings is 1. The van der Waals surface area contributed by atoms with Crippen molar-refractivity contribution in [1.82, 2.24) is 20.1 Å². The fourth-order valence-corrected chi connectivity index (χ4v) is 2.73. The Morgan fingerprint density at radius 3 is 2.70 bits per heavy atom. The highest BCUT2D eigenvalue weighted by molar-refractivity contribution is 6.31. The van der Waals surface area contributed by atoms with Crippen LogP contribution in [0.2, 0.25) is 5.02 Å². The largest absolute Gasteiger partial charge is 0.307 e. The maximum atomic E-state index is 6.34. The van der Waals surface area contributed by atoms with Gasteiger partial charge in [-0.05, 0) is 38.4 Å². The summed E-state index contributed by atoms with van der Waals surface area (Å²) >= 11 is 6.34. The average Bonchev–Trinajstić information content (AvgIpc) is 2.75. The SMILES string of the molecule is CCCn1ncc(Cl)c1C(NC)c1ncc(C)cc1C. The van der Waals surface area contributed by atoms with Crippen molar-refractivity contribution in [2.24, 2.45) is 0 Å². The zero-order valence-electron chi connectivity index (χ0n) is 12.4. The summed E-state index contributed by atoms with van der Waals surface area (Å²) in [4.78, 5) is 4.59. The smallest absolute Gasteiger partial charge is 0.0937 e.